The fourth-order valence-corrected chi connectivity index (χ4v) is 4.16. The van der Waals surface area contributed by atoms with Gasteiger partial charge in [-0.25, -0.2) is 0 Å². The lowest BCUT2D eigenvalue weighted by Gasteiger charge is -2.28. The molecule has 0 amide bonds. The summed E-state index contributed by atoms with van der Waals surface area (Å²) < 4.78 is 22.5. The molecule has 0 fully saturated rings. The van der Waals surface area contributed by atoms with E-state index >= 15 is 0 Å². The molecule has 2 N–H and O–H groups in total. The van der Waals surface area contributed by atoms with E-state index in [1.165, 1.54) is 0 Å². The van der Waals surface area contributed by atoms with Crippen LogP contribution in [0.15, 0.2) is 0 Å². The Kier molecular flexibility index (Phi) is 11.1. The average Bonchev–Trinajstić information content (AvgIpc) is 2.30. The second-order valence-electron chi connectivity index (χ2n) is 3.49. The lowest BCUT2D eigenvalue weighted by molar-refractivity contribution is 0.0663. The van der Waals surface area contributed by atoms with Crippen molar-refractivity contribution >= 4 is 8.80 Å². The van der Waals surface area contributed by atoms with E-state index in [4.69, 9.17) is 23.7 Å². The van der Waals surface area contributed by atoms with E-state index < -0.39 is 8.80 Å². The molecule has 6 heteroatoms. The van der Waals surface area contributed by atoms with Gasteiger partial charge in [0.1, 0.15) is 0 Å². The van der Waals surface area contributed by atoms with Crippen LogP contribution in [0, 0.1) is 0 Å². The zero-order chi connectivity index (χ0) is 13.0. The van der Waals surface area contributed by atoms with Crippen LogP contribution in [0.3, 0.4) is 0 Å². The monoisotopic (exact) mass is 265 g/mol. The fourth-order valence-electron chi connectivity index (χ4n) is 1.58. The molecule has 0 aromatic heterocycles. The maximum Gasteiger partial charge on any atom is 0.501 e. The van der Waals surface area contributed by atoms with Gasteiger partial charge < -0.3 is 23.7 Å². The first kappa shape index (κ1) is 17.0. The summed E-state index contributed by atoms with van der Waals surface area (Å²) in [5.41, 5.74) is 5.35. The number of rotatable bonds is 12. The molecule has 0 atom stereocenters. The SMILES string of the molecule is CCO[Si](CCCOCCN)(OCC)OCC. The summed E-state index contributed by atoms with van der Waals surface area (Å²) in [7, 11) is -2.47. The molecular weight excluding hydrogens is 238 g/mol. The molecule has 0 saturated heterocycles. The minimum atomic E-state index is -2.47. The van der Waals surface area contributed by atoms with Gasteiger partial charge in [0.05, 0.1) is 6.61 Å². The highest BCUT2D eigenvalue weighted by Crippen LogP contribution is 2.18. The topological polar surface area (TPSA) is 62.9 Å². The third-order valence-corrected chi connectivity index (χ3v) is 5.28. The van der Waals surface area contributed by atoms with Gasteiger partial charge in [0.15, 0.2) is 0 Å². The summed E-state index contributed by atoms with van der Waals surface area (Å²) in [6.45, 7) is 9.60. The first-order valence-electron chi connectivity index (χ1n) is 6.44. The Morgan fingerprint density at radius 3 is 1.82 bits per heavy atom. The molecule has 0 rings (SSSR count). The quantitative estimate of drug-likeness (QED) is 0.427. The lowest BCUT2D eigenvalue weighted by atomic mass is 10.5. The van der Waals surface area contributed by atoms with Crippen molar-refractivity contribution in [2.45, 2.75) is 33.2 Å². The Labute approximate surface area is 106 Å². The lowest BCUT2D eigenvalue weighted by Crippen LogP contribution is -2.46. The Bertz CT molecular complexity index is 155. The molecule has 0 aliphatic heterocycles. The molecule has 0 heterocycles. The number of hydrogen-bond donors (Lipinski definition) is 1. The molecule has 0 radical (unpaired) electrons. The van der Waals surface area contributed by atoms with Gasteiger partial charge in [-0.05, 0) is 27.2 Å². The summed E-state index contributed by atoms with van der Waals surface area (Å²) in [6.07, 6.45) is 0.881. The van der Waals surface area contributed by atoms with Gasteiger partial charge in [-0.3, -0.25) is 0 Å². The Morgan fingerprint density at radius 2 is 1.41 bits per heavy atom. The summed E-state index contributed by atoms with van der Waals surface area (Å²) >= 11 is 0. The van der Waals surface area contributed by atoms with Gasteiger partial charge in [0.2, 0.25) is 0 Å². The predicted octanol–water partition coefficient (Wildman–Crippen LogP) is 1.40. The molecule has 0 aromatic carbocycles. The highest BCUT2D eigenvalue weighted by atomic mass is 28.4. The predicted molar refractivity (Wildman–Crippen MR) is 69.9 cm³/mol. The molecule has 104 valence electrons. The third-order valence-electron chi connectivity index (χ3n) is 2.13. The van der Waals surface area contributed by atoms with Crippen molar-refractivity contribution in [3.63, 3.8) is 0 Å². The Hall–Kier alpha value is 0.0169. The van der Waals surface area contributed by atoms with E-state index in [0.717, 1.165) is 12.5 Å². The van der Waals surface area contributed by atoms with E-state index in [0.29, 0.717) is 39.6 Å². The second-order valence-corrected chi connectivity index (χ2v) is 6.22. The molecule has 5 nitrogen and oxygen atoms in total. The molecule has 0 saturated carbocycles. The van der Waals surface area contributed by atoms with Crippen molar-refractivity contribution in [2.24, 2.45) is 5.73 Å². The van der Waals surface area contributed by atoms with Gasteiger partial charge in [-0.1, -0.05) is 0 Å². The van der Waals surface area contributed by atoms with Crippen LogP contribution in [0.4, 0.5) is 0 Å². The maximum absolute atomic E-state index is 5.73. The molecule has 0 aliphatic rings. The van der Waals surface area contributed by atoms with Crippen LogP contribution in [0.1, 0.15) is 27.2 Å². The molecule has 0 bridgehead atoms. The van der Waals surface area contributed by atoms with Crippen LogP contribution in [-0.4, -0.2) is 48.4 Å². The maximum atomic E-state index is 5.73. The van der Waals surface area contributed by atoms with Gasteiger partial charge in [0.25, 0.3) is 0 Å². The average molecular weight is 265 g/mol. The smallest absolute Gasteiger partial charge is 0.380 e. The molecule has 0 unspecified atom stereocenters. The normalized spacial score (nSPS) is 12.0. The summed E-state index contributed by atoms with van der Waals surface area (Å²) in [6, 6.07) is 0.799. The Balaban J connectivity index is 4.05. The van der Waals surface area contributed by atoms with Crippen LogP contribution in [0.5, 0.6) is 0 Å². The first-order valence-corrected chi connectivity index (χ1v) is 8.37. The number of ether oxygens (including phenoxy) is 1. The van der Waals surface area contributed by atoms with Gasteiger partial charge in [0, 0.05) is 39.0 Å². The van der Waals surface area contributed by atoms with E-state index in [9.17, 15) is 0 Å². The third kappa shape index (κ3) is 7.85. The van der Waals surface area contributed by atoms with Crippen molar-refractivity contribution in [2.75, 3.05) is 39.6 Å². The van der Waals surface area contributed by atoms with Crippen molar-refractivity contribution < 1.29 is 18.0 Å². The van der Waals surface area contributed by atoms with Crippen LogP contribution in [0.2, 0.25) is 6.04 Å². The van der Waals surface area contributed by atoms with E-state index in [1.807, 2.05) is 20.8 Å². The molecule has 17 heavy (non-hydrogen) atoms. The minimum absolute atomic E-state index is 0.560. The van der Waals surface area contributed by atoms with Gasteiger partial charge >= 0.3 is 8.80 Å². The summed E-state index contributed by atoms with van der Waals surface area (Å²) in [4.78, 5) is 0. The number of nitrogens with two attached hydrogens (primary N) is 1. The van der Waals surface area contributed by atoms with Crippen molar-refractivity contribution in [1.82, 2.24) is 0 Å². The second kappa shape index (κ2) is 11.1. The van der Waals surface area contributed by atoms with E-state index in [-0.39, 0.29) is 0 Å². The zero-order valence-electron chi connectivity index (χ0n) is 11.4. The molecule has 0 spiro atoms. The van der Waals surface area contributed by atoms with E-state index in [1.54, 1.807) is 0 Å². The highest BCUT2D eigenvalue weighted by molar-refractivity contribution is 6.60. The van der Waals surface area contributed by atoms with Crippen molar-refractivity contribution in [1.29, 1.82) is 0 Å². The van der Waals surface area contributed by atoms with Crippen LogP contribution in [0.25, 0.3) is 0 Å². The van der Waals surface area contributed by atoms with Crippen molar-refractivity contribution in [3.05, 3.63) is 0 Å². The van der Waals surface area contributed by atoms with Crippen LogP contribution in [-0.2, 0) is 18.0 Å². The Morgan fingerprint density at radius 1 is 0.882 bits per heavy atom. The summed E-state index contributed by atoms with van der Waals surface area (Å²) in [5, 5.41) is 0. The molecule has 0 aromatic rings. The first-order chi connectivity index (χ1) is 8.24. The highest BCUT2D eigenvalue weighted by Gasteiger charge is 2.39. The largest absolute Gasteiger partial charge is 0.501 e. The van der Waals surface area contributed by atoms with Gasteiger partial charge in [-0.2, -0.15) is 0 Å². The summed E-state index contributed by atoms with van der Waals surface area (Å²) in [5.74, 6) is 0. The number of hydrogen-bond acceptors (Lipinski definition) is 5. The fraction of sp³-hybridized carbons (Fsp3) is 1.00. The van der Waals surface area contributed by atoms with Crippen LogP contribution >= 0.6 is 0 Å². The molecule has 0 aliphatic carbocycles. The molecular formula is C11H27NO4Si. The van der Waals surface area contributed by atoms with Gasteiger partial charge in [-0.15, -0.1) is 0 Å². The zero-order valence-corrected chi connectivity index (χ0v) is 12.4. The van der Waals surface area contributed by atoms with E-state index in [2.05, 4.69) is 0 Å². The van der Waals surface area contributed by atoms with Crippen molar-refractivity contribution in [3.8, 4) is 0 Å². The minimum Gasteiger partial charge on any atom is -0.380 e. The van der Waals surface area contributed by atoms with Crippen LogP contribution < -0.4 is 5.73 Å². The standard InChI is InChI=1S/C11H27NO4Si/c1-4-14-17(15-5-2,16-6-3)11-7-9-13-10-8-12/h4-12H2,1-3H3.